The van der Waals surface area contributed by atoms with E-state index in [1.54, 1.807) is 6.92 Å². The van der Waals surface area contributed by atoms with Gasteiger partial charge in [-0.3, -0.25) is 0 Å². The molecule has 0 radical (unpaired) electrons. The van der Waals surface area contributed by atoms with Gasteiger partial charge in [0.05, 0.1) is 0 Å². The van der Waals surface area contributed by atoms with Crippen molar-refractivity contribution in [2.24, 2.45) is 0 Å². The summed E-state index contributed by atoms with van der Waals surface area (Å²) >= 11 is 1.40. The molecule has 0 unspecified atom stereocenters. The van der Waals surface area contributed by atoms with Crippen LogP contribution in [0.5, 0.6) is 0 Å². The molecule has 4 nitrogen and oxygen atoms in total. The van der Waals surface area contributed by atoms with Gasteiger partial charge in [0.2, 0.25) is 0 Å². The van der Waals surface area contributed by atoms with Crippen LogP contribution in [0.25, 0.3) is 0 Å². The molecule has 1 aromatic heterocycles. The van der Waals surface area contributed by atoms with Gasteiger partial charge in [0.1, 0.15) is 0 Å². The number of thiazole rings is 1. The van der Waals surface area contributed by atoms with Crippen LogP contribution in [0.3, 0.4) is 0 Å². The second-order valence-electron chi connectivity index (χ2n) is 3.36. The molecule has 1 rings (SSSR count). The van der Waals surface area contributed by atoms with Crippen LogP contribution in [0.1, 0.15) is 41.6 Å². The van der Waals surface area contributed by atoms with Gasteiger partial charge in [0.25, 0.3) is 0 Å². The van der Waals surface area contributed by atoms with Crippen molar-refractivity contribution in [2.75, 3.05) is 11.9 Å². The molecule has 0 saturated heterocycles. The van der Waals surface area contributed by atoms with E-state index in [2.05, 4.69) is 17.2 Å². The average Bonchev–Trinajstić information content (AvgIpc) is 2.55. The van der Waals surface area contributed by atoms with Gasteiger partial charge < -0.3 is 10.4 Å². The van der Waals surface area contributed by atoms with Gasteiger partial charge in [-0.2, -0.15) is 0 Å². The van der Waals surface area contributed by atoms with E-state index >= 15 is 0 Å². The predicted octanol–water partition coefficient (Wildman–Crippen LogP) is 2.75. The number of aromatic carboxylic acids is 1. The Kier molecular flexibility index (Phi) is 4.55. The smallest absolute Gasteiger partial charge is 0.355 e. The largest absolute Gasteiger partial charge is 0.476 e. The Labute approximate surface area is 93.4 Å². The number of nitrogens with zero attached hydrogens (tertiary/aromatic N) is 1. The van der Waals surface area contributed by atoms with Crippen LogP contribution in [-0.4, -0.2) is 22.6 Å². The first-order valence-corrected chi connectivity index (χ1v) is 5.91. The van der Waals surface area contributed by atoms with Crippen molar-refractivity contribution >= 4 is 22.4 Å². The van der Waals surface area contributed by atoms with Gasteiger partial charge >= 0.3 is 5.97 Å². The lowest BCUT2D eigenvalue weighted by molar-refractivity contribution is 0.0690. The van der Waals surface area contributed by atoms with Crippen LogP contribution in [0.15, 0.2) is 0 Å². The topological polar surface area (TPSA) is 62.2 Å². The van der Waals surface area contributed by atoms with E-state index < -0.39 is 5.97 Å². The number of anilines is 1. The Morgan fingerprint density at radius 1 is 1.53 bits per heavy atom. The summed E-state index contributed by atoms with van der Waals surface area (Å²) in [6.07, 6.45) is 3.46. The van der Waals surface area contributed by atoms with Crippen LogP contribution >= 0.6 is 11.3 Å². The molecule has 0 saturated carbocycles. The molecule has 0 aromatic carbocycles. The third-order valence-electron chi connectivity index (χ3n) is 2.06. The van der Waals surface area contributed by atoms with E-state index in [-0.39, 0.29) is 5.69 Å². The Balaban J connectivity index is 2.48. The Hall–Kier alpha value is -1.10. The summed E-state index contributed by atoms with van der Waals surface area (Å²) in [4.78, 5) is 15.5. The van der Waals surface area contributed by atoms with Crippen molar-refractivity contribution in [2.45, 2.75) is 33.1 Å². The highest BCUT2D eigenvalue weighted by atomic mass is 32.1. The molecular weight excluding hydrogens is 212 g/mol. The summed E-state index contributed by atoms with van der Waals surface area (Å²) in [5.41, 5.74) is 0.165. The summed E-state index contributed by atoms with van der Waals surface area (Å²) in [5.74, 6) is -0.953. The Morgan fingerprint density at radius 2 is 2.27 bits per heavy atom. The zero-order valence-electron chi connectivity index (χ0n) is 9.04. The molecule has 15 heavy (non-hydrogen) atoms. The number of aryl methyl sites for hydroxylation is 1. The molecule has 84 valence electrons. The summed E-state index contributed by atoms with van der Waals surface area (Å²) < 4.78 is 0. The molecule has 0 aliphatic heterocycles. The molecule has 1 heterocycles. The monoisotopic (exact) mass is 228 g/mol. The van der Waals surface area contributed by atoms with Crippen LogP contribution in [0.2, 0.25) is 0 Å². The minimum Gasteiger partial charge on any atom is -0.476 e. The highest BCUT2D eigenvalue weighted by Gasteiger charge is 2.13. The van der Waals surface area contributed by atoms with Crippen LogP contribution in [0.4, 0.5) is 5.13 Å². The van der Waals surface area contributed by atoms with E-state index in [9.17, 15) is 4.79 Å². The maximum atomic E-state index is 10.7. The SMILES string of the molecule is CCCCCNc1nc(C(=O)O)c(C)s1. The molecule has 0 spiro atoms. The van der Waals surface area contributed by atoms with Crippen molar-refractivity contribution in [1.82, 2.24) is 4.98 Å². The van der Waals surface area contributed by atoms with E-state index in [4.69, 9.17) is 5.11 Å². The van der Waals surface area contributed by atoms with Gasteiger partial charge in [-0.15, -0.1) is 11.3 Å². The van der Waals surface area contributed by atoms with Crippen molar-refractivity contribution in [1.29, 1.82) is 0 Å². The number of hydrogen-bond donors (Lipinski definition) is 2. The number of aromatic nitrogens is 1. The van der Waals surface area contributed by atoms with Crippen molar-refractivity contribution in [3.8, 4) is 0 Å². The third kappa shape index (κ3) is 3.51. The molecule has 5 heteroatoms. The zero-order chi connectivity index (χ0) is 11.3. The van der Waals surface area contributed by atoms with E-state index in [0.717, 1.165) is 17.8 Å². The van der Waals surface area contributed by atoms with E-state index in [0.29, 0.717) is 5.13 Å². The highest BCUT2D eigenvalue weighted by molar-refractivity contribution is 7.15. The molecule has 0 fully saturated rings. The van der Waals surface area contributed by atoms with Gasteiger partial charge in [0.15, 0.2) is 10.8 Å². The minimum atomic E-state index is -0.953. The fraction of sp³-hybridized carbons (Fsp3) is 0.600. The molecule has 0 amide bonds. The Bertz CT molecular complexity index is 336. The van der Waals surface area contributed by atoms with E-state index in [1.807, 2.05) is 0 Å². The molecule has 0 bridgehead atoms. The van der Waals surface area contributed by atoms with Crippen molar-refractivity contribution in [3.63, 3.8) is 0 Å². The van der Waals surface area contributed by atoms with Gasteiger partial charge in [-0.25, -0.2) is 9.78 Å². The Morgan fingerprint density at radius 3 is 2.80 bits per heavy atom. The van der Waals surface area contributed by atoms with Crippen molar-refractivity contribution < 1.29 is 9.90 Å². The van der Waals surface area contributed by atoms with Gasteiger partial charge in [-0.1, -0.05) is 19.8 Å². The normalized spacial score (nSPS) is 10.3. The molecular formula is C10H16N2O2S. The molecule has 2 N–H and O–H groups in total. The zero-order valence-corrected chi connectivity index (χ0v) is 9.86. The van der Waals surface area contributed by atoms with Crippen molar-refractivity contribution in [3.05, 3.63) is 10.6 Å². The number of unbranched alkanes of at least 4 members (excludes halogenated alkanes) is 2. The molecule has 0 aliphatic rings. The first-order valence-electron chi connectivity index (χ1n) is 5.09. The quantitative estimate of drug-likeness (QED) is 0.735. The second-order valence-corrected chi connectivity index (χ2v) is 4.57. The van der Waals surface area contributed by atoms with Crippen LogP contribution in [-0.2, 0) is 0 Å². The van der Waals surface area contributed by atoms with Gasteiger partial charge in [0, 0.05) is 11.4 Å². The summed E-state index contributed by atoms with van der Waals surface area (Å²) in [6, 6.07) is 0. The highest BCUT2D eigenvalue weighted by Crippen LogP contribution is 2.21. The van der Waals surface area contributed by atoms with Gasteiger partial charge in [-0.05, 0) is 13.3 Å². The number of carboxylic acids is 1. The number of hydrogen-bond acceptors (Lipinski definition) is 4. The lowest BCUT2D eigenvalue weighted by Crippen LogP contribution is -2.02. The fourth-order valence-electron chi connectivity index (χ4n) is 1.24. The van der Waals surface area contributed by atoms with Crippen LogP contribution in [0, 0.1) is 6.92 Å². The minimum absolute atomic E-state index is 0.165. The predicted molar refractivity (Wildman–Crippen MR) is 61.8 cm³/mol. The molecule has 0 aliphatic carbocycles. The maximum Gasteiger partial charge on any atom is 0.355 e. The fourth-order valence-corrected chi connectivity index (χ4v) is 2.07. The molecule has 0 atom stereocenters. The third-order valence-corrected chi connectivity index (χ3v) is 2.98. The number of carboxylic acid groups (broad SMARTS) is 1. The second kappa shape index (κ2) is 5.70. The summed E-state index contributed by atoms with van der Waals surface area (Å²) in [5, 5.41) is 12.7. The first kappa shape index (κ1) is 12.0. The van der Waals surface area contributed by atoms with E-state index in [1.165, 1.54) is 24.2 Å². The van der Waals surface area contributed by atoms with Crippen LogP contribution < -0.4 is 5.32 Å². The maximum absolute atomic E-state index is 10.7. The summed E-state index contributed by atoms with van der Waals surface area (Å²) in [7, 11) is 0. The number of nitrogens with one attached hydrogen (secondary N) is 1. The number of carbonyl (C=O) groups is 1. The first-order chi connectivity index (χ1) is 7.15. The lowest BCUT2D eigenvalue weighted by atomic mass is 10.2. The molecule has 1 aromatic rings. The number of rotatable bonds is 6. The standard InChI is InChI=1S/C10H16N2O2S/c1-3-4-5-6-11-10-12-8(9(13)14)7(2)15-10/h3-6H2,1-2H3,(H,11,12)(H,13,14). The average molecular weight is 228 g/mol. The summed E-state index contributed by atoms with van der Waals surface area (Å²) in [6.45, 7) is 4.79. The lowest BCUT2D eigenvalue weighted by Gasteiger charge is -1.99.